The van der Waals surface area contributed by atoms with Gasteiger partial charge in [-0.3, -0.25) is 0 Å². The van der Waals surface area contributed by atoms with Crippen molar-refractivity contribution in [2.45, 2.75) is 25.3 Å². The first kappa shape index (κ1) is 12.5. The molecule has 3 N–H and O–H groups in total. The molecule has 19 heavy (non-hydrogen) atoms. The third-order valence-electron chi connectivity index (χ3n) is 4.14. The highest BCUT2D eigenvalue weighted by atomic mass is 16.3. The Kier molecular flexibility index (Phi) is 3.17. The summed E-state index contributed by atoms with van der Waals surface area (Å²) < 4.78 is 0. The topological polar surface area (TPSA) is 48.0 Å². The fourth-order valence-corrected chi connectivity index (χ4v) is 3.15. The van der Waals surface area contributed by atoms with Crippen LogP contribution in [0.1, 0.15) is 24.0 Å². The number of likely N-dealkylation sites (N-methyl/N-ethyl adjacent to an activating group) is 1. The number of hydrogen-bond acceptors (Lipinski definition) is 2. The number of rotatable bonds is 3. The Hall–Kier alpha value is -1.58. The average molecular weight is 256 g/mol. The zero-order valence-electron chi connectivity index (χ0n) is 11.4. The third kappa shape index (κ3) is 1.99. The molecule has 3 nitrogen and oxygen atoms in total. The lowest BCUT2D eigenvalue weighted by Crippen LogP contribution is -2.35. The molecule has 0 saturated heterocycles. The number of aromatic nitrogens is 1. The molecule has 1 aliphatic rings. The minimum Gasteiger partial charge on any atom is -0.392 e. The number of aromatic amines is 1. The SMILES string of the molecule is CNC1Cc2c[nH]c3cccc(c23)[C@H]1/C=C(\C)CO. The summed E-state index contributed by atoms with van der Waals surface area (Å²) in [6.07, 6.45) is 5.34. The summed E-state index contributed by atoms with van der Waals surface area (Å²) in [4.78, 5) is 3.35. The molecular formula is C16H20N2O. The molecule has 0 bridgehead atoms. The molecule has 0 saturated carbocycles. The number of H-pyrrole nitrogens is 1. The van der Waals surface area contributed by atoms with Crippen LogP contribution in [0.3, 0.4) is 0 Å². The van der Waals surface area contributed by atoms with Gasteiger partial charge in [-0.25, -0.2) is 0 Å². The van der Waals surface area contributed by atoms with Crippen LogP contribution in [0.2, 0.25) is 0 Å². The van der Waals surface area contributed by atoms with E-state index in [4.69, 9.17) is 0 Å². The Morgan fingerprint density at radius 1 is 1.53 bits per heavy atom. The average Bonchev–Trinajstić information content (AvgIpc) is 2.86. The molecule has 2 aromatic rings. The lowest BCUT2D eigenvalue weighted by Gasteiger charge is -2.30. The molecule has 0 fully saturated rings. The van der Waals surface area contributed by atoms with Gasteiger partial charge in [0.1, 0.15) is 0 Å². The first-order valence-electron chi connectivity index (χ1n) is 6.79. The fourth-order valence-electron chi connectivity index (χ4n) is 3.15. The van der Waals surface area contributed by atoms with Gasteiger partial charge in [-0.2, -0.15) is 0 Å². The van der Waals surface area contributed by atoms with Gasteiger partial charge < -0.3 is 15.4 Å². The Morgan fingerprint density at radius 3 is 3.11 bits per heavy atom. The summed E-state index contributed by atoms with van der Waals surface area (Å²) in [6.45, 7) is 2.11. The largest absolute Gasteiger partial charge is 0.392 e. The van der Waals surface area contributed by atoms with Crippen molar-refractivity contribution in [3.63, 3.8) is 0 Å². The van der Waals surface area contributed by atoms with Crippen LogP contribution < -0.4 is 5.32 Å². The molecule has 3 heteroatoms. The summed E-state index contributed by atoms with van der Waals surface area (Å²) in [5.41, 5.74) is 4.98. The molecule has 3 rings (SSSR count). The van der Waals surface area contributed by atoms with E-state index in [1.165, 1.54) is 22.0 Å². The normalized spacial score (nSPS) is 23.0. The van der Waals surface area contributed by atoms with Crippen molar-refractivity contribution in [3.8, 4) is 0 Å². The van der Waals surface area contributed by atoms with E-state index in [0.717, 1.165) is 12.0 Å². The summed E-state index contributed by atoms with van der Waals surface area (Å²) in [5, 5.41) is 14.1. The molecule has 1 aromatic carbocycles. The highest BCUT2D eigenvalue weighted by molar-refractivity contribution is 5.88. The highest BCUT2D eigenvalue weighted by Gasteiger charge is 2.28. The maximum absolute atomic E-state index is 9.28. The predicted molar refractivity (Wildman–Crippen MR) is 78.4 cm³/mol. The quantitative estimate of drug-likeness (QED) is 0.738. The molecule has 1 aromatic heterocycles. The van der Waals surface area contributed by atoms with Crippen molar-refractivity contribution >= 4 is 10.9 Å². The van der Waals surface area contributed by atoms with Gasteiger partial charge in [0.15, 0.2) is 0 Å². The summed E-state index contributed by atoms with van der Waals surface area (Å²) in [7, 11) is 2.01. The second-order valence-electron chi connectivity index (χ2n) is 5.38. The second kappa shape index (κ2) is 4.83. The molecular weight excluding hydrogens is 236 g/mol. The van der Waals surface area contributed by atoms with Crippen LogP contribution in [0.4, 0.5) is 0 Å². The van der Waals surface area contributed by atoms with Gasteiger partial charge in [0.05, 0.1) is 6.61 Å². The maximum atomic E-state index is 9.28. The lowest BCUT2D eigenvalue weighted by molar-refractivity contribution is 0.330. The number of hydrogen-bond donors (Lipinski definition) is 3. The van der Waals surface area contributed by atoms with E-state index < -0.39 is 0 Å². The van der Waals surface area contributed by atoms with Crippen molar-refractivity contribution < 1.29 is 5.11 Å². The molecule has 0 radical (unpaired) electrons. The third-order valence-corrected chi connectivity index (χ3v) is 4.14. The molecule has 0 spiro atoms. The highest BCUT2D eigenvalue weighted by Crippen LogP contribution is 2.37. The standard InChI is InChI=1S/C16H20N2O/c1-10(9-19)6-13-12-4-3-5-14-16(12)11(8-18-14)7-15(13)17-2/h3-6,8,13,15,17-19H,7,9H2,1-2H3/b10-6+/t13-,15?/m1/s1. The lowest BCUT2D eigenvalue weighted by atomic mass is 9.79. The number of aliphatic hydroxyl groups is 1. The molecule has 0 aliphatic heterocycles. The Morgan fingerprint density at radius 2 is 2.37 bits per heavy atom. The van der Waals surface area contributed by atoms with Gasteiger partial charge in [0.25, 0.3) is 0 Å². The van der Waals surface area contributed by atoms with Crippen LogP contribution in [0, 0.1) is 0 Å². The van der Waals surface area contributed by atoms with Gasteiger partial charge in [-0.05, 0) is 37.6 Å². The van der Waals surface area contributed by atoms with E-state index in [9.17, 15) is 5.11 Å². The first-order valence-corrected chi connectivity index (χ1v) is 6.79. The summed E-state index contributed by atoms with van der Waals surface area (Å²) in [5.74, 6) is 0.323. The van der Waals surface area contributed by atoms with Crippen LogP contribution in [0.25, 0.3) is 10.9 Å². The van der Waals surface area contributed by atoms with E-state index in [0.29, 0.717) is 12.0 Å². The molecule has 1 heterocycles. The zero-order valence-corrected chi connectivity index (χ0v) is 11.4. The molecule has 1 unspecified atom stereocenters. The Bertz CT molecular complexity index is 627. The van der Waals surface area contributed by atoms with Crippen LogP contribution in [-0.2, 0) is 6.42 Å². The number of nitrogens with one attached hydrogen (secondary N) is 2. The van der Waals surface area contributed by atoms with E-state index in [-0.39, 0.29) is 6.61 Å². The van der Waals surface area contributed by atoms with Crippen molar-refractivity contribution in [2.75, 3.05) is 13.7 Å². The molecule has 100 valence electrons. The van der Waals surface area contributed by atoms with E-state index in [1.54, 1.807) is 0 Å². The van der Waals surface area contributed by atoms with Crippen LogP contribution in [-0.4, -0.2) is 29.8 Å². The summed E-state index contributed by atoms with van der Waals surface area (Å²) in [6, 6.07) is 6.82. The Balaban J connectivity index is 2.17. The zero-order chi connectivity index (χ0) is 13.4. The first-order chi connectivity index (χ1) is 9.24. The van der Waals surface area contributed by atoms with E-state index in [2.05, 4.69) is 40.8 Å². The number of benzene rings is 1. The van der Waals surface area contributed by atoms with Gasteiger partial charge in [-0.1, -0.05) is 23.8 Å². The van der Waals surface area contributed by atoms with Crippen LogP contribution in [0.5, 0.6) is 0 Å². The fraction of sp³-hybridized carbons (Fsp3) is 0.375. The van der Waals surface area contributed by atoms with Crippen LogP contribution in [0.15, 0.2) is 36.0 Å². The van der Waals surface area contributed by atoms with Crippen LogP contribution >= 0.6 is 0 Å². The van der Waals surface area contributed by atoms with Gasteiger partial charge in [0, 0.05) is 29.1 Å². The van der Waals surface area contributed by atoms with Gasteiger partial charge >= 0.3 is 0 Å². The Labute approximate surface area is 113 Å². The number of aliphatic hydroxyl groups excluding tert-OH is 1. The predicted octanol–water partition coefficient (Wildman–Crippen LogP) is 2.33. The molecule has 2 atom stereocenters. The minimum atomic E-state index is 0.128. The van der Waals surface area contributed by atoms with E-state index >= 15 is 0 Å². The van der Waals surface area contributed by atoms with E-state index in [1.807, 2.05) is 14.0 Å². The summed E-state index contributed by atoms with van der Waals surface area (Å²) >= 11 is 0. The van der Waals surface area contributed by atoms with Crippen molar-refractivity contribution in [2.24, 2.45) is 0 Å². The van der Waals surface area contributed by atoms with Crippen molar-refractivity contribution in [3.05, 3.63) is 47.2 Å². The maximum Gasteiger partial charge on any atom is 0.0639 e. The minimum absolute atomic E-state index is 0.128. The van der Waals surface area contributed by atoms with Gasteiger partial charge in [0.2, 0.25) is 0 Å². The molecule has 0 amide bonds. The van der Waals surface area contributed by atoms with Crippen molar-refractivity contribution in [1.29, 1.82) is 0 Å². The van der Waals surface area contributed by atoms with Gasteiger partial charge in [-0.15, -0.1) is 0 Å². The monoisotopic (exact) mass is 256 g/mol. The molecule has 1 aliphatic carbocycles. The second-order valence-corrected chi connectivity index (χ2v) is 5.38. The smallest absolute Gasteiger partial charge is 0.0639 e. The van der Waals surface area contributed by atoms with Crippen molar-refractivity contribution in [1.82, 2.24) is 10.3 Å².